The first-order valence-electron chi connectivity index (χ1n) is 7.91. The molecule has 0 amide bonds. The minimum absolute atomic E-state index is 0.0923. The molecular formula is C18H18BrN3O3. The van der Waals surface area contributed by atoms with Gasteiger partial charge in [-0.05, 0) is 46.1 Å². The molecule has 0 saturated heterocycles. The average molecular weight is 404 g/mol. The highest BCUT2D eigenvalue weighted by Gasteiger charge is 2.24. The molecule has 25 heavy (non-hydrogen) atoms. The van der Waals surface area contributed by atoms with Gasteiger partial charge < -0.3 is 9.15 Å². The SMILES string of the molecule is CC(C)C(OC(=O)c1ccc(Cn2cc(Br)cn2)o1)c1ccccn1. The fourth-order valence-corrected chi connectivity index (χ4v) is 2.74. The van der Waals surface area contributed by atoms with Crippen molar-refractivity contribution in [1.82, 2.24) is 14.8 Å². The minimum atomic E-state index is -0.503. The zero-order valence-corrected chi connectivity index (χ0v) is 15.5. The molecule has 6 nitrogen and oxygen atoms in total. The summed E-state index contributed by atoms with van der Waals surface area (Å²) in [5, 5.41) is 4.16. The van der Waals surface area contributed by atoms with Gasteiger partial charge in [-0.3, -0.25) is 9.67 Å². The van der Waals surface area contributed by atoms with Crippen molar-refractivity contribution in [3.8, 4) is 0 Å². The van der Waals surface area contributed by atoms with Crippen molar-refractivity contribution in [1.29, 1.82) is 0 Å². The maximum Gasteiger partial charge on any atom is 0.374 e. The minimum Gasteiger partial charge on any atom is -0.452 e. The highest BCUT2D eigenvalue weighted by Crippen LogP contribution is 2.25. The average Bonchev–Trinajstić information content (AvgIpc) is 3.22. The number of carbonyl (C=O) groups is 1. The largest absolute Gasteiger partial charge is 0.452 e. The molecule has 0 N–H and O–H groups in total. The first-order chi connectivity index (χ1) is 12.0. The van der Waals surface area contributed by atoms with Gasteiger partial charge in [0.25, 0.3) is 0 Å². The van der Waals surface area contributed by atoms with Crippen LogP contribution in [0.4, 0.5) is 0 Å². The normalized spacial score (nSPS) is 12.3. The third kappa shape index (κ3) is 4.36. The quantitative estimate of drug-likeness (QED) is 0.575. The topological polar surface area (TPSA) is 70.2 Å². The van der Waals surface area contributed by atoms with Crippen molar-refractivity contribution >= 4 is 21.9 Å². The van der Waals surface area contributed by atoms with Crippen LogP contribution in [0.2, 0.25) is 0 Å². The predicted octanol–water partition coefficient (Wildman–Crippen LogP) is 4.24. The van der Waals surface area contributed by atoms with Crippen molar-refractivity contribution in [2.45, 2.75) is 26.5 Å². The lowest BCUT2D eigenvalue weighted by Gasteiger charge is -2.20. The van der Waals surface area contributed by atoms with E-state index < -0.39 is 12.1 Å². The first-order valence-corrected chi connectivity index (χ1v) is 8.71. The molecule has 130 valence electrons. The Bertz CT molecular complexity index is 842. The summed E-state index contributed by atoms with van der Waals surface area (Å²) >= 11 is 3.34. The predicted molar refractivity (Wildman–Crippen MR) is 95.0 cm³/mol. The van der Waals surface area contributed by atoms with E-state index in [-0.39, 0.29) is 11.7 Å². The van der Waals surface area contributed by atoms with E-state index in [1.807, 2.05) is 38.2 Å². The van der Waals surface area contributed by atoms with E-state index >= 15 is 0 Å². The summed E-state index contributed by atoms with van der Waals surface area (Å²) in [5.41, 5.74) is 0.721. The molecule has 7 heteroatoms. The molecule has 0 saturated carbocycles. The lowest BCUT2D eigenvalue weighted by molar-refractivity contribution is 0.0128. The summed E-state index contributed by atoms with van der Waals surface area (Å²) in [6.07, 6.45) is 4.78. The van der Waals surface area contributed by atoms with Gasteiger partial charge in [-0.1, -0.05) is 19.9 Å². The third-order valence-electron chi connectivity index (χ3n) is 3.60. The summed E-state index contributed by atoms with van der Waals surface area (Å²) in [5.74, 6) is 0.385. The number of hydrogen-bond acceptors (Lipinski definition) is 5. The van der Waals surface area contributed by atoms with E-state index in [9.17, 15) is 4.79 Å². The molecule has 3 aromatic rings. The molecular weight excluding hydrogens is 386 g/mol. The van der Waals surface area contributed by atoms with Crippen LogP contribution < -0.4 is 0 Å². The van der Waals surface area contributed by atoms with Crippen molar-refractivity contribution in [2.75, 3.05) is 0 Å². The Morgan fingerprint density at radius 1 is 1.32 bits per heavy atom. The summed E-state index contributed by atoms with van der Waals surface area (Å²) in [4.78, 5) is 16.7. The number of hydrogen-bond donors (Lipinski definition) is 0. The second-order valence-corrected chi connectivity index (χ2v) is 6.86. The molecule has 1 atom stereocenters. The molecule has 0 aliphatic rings. The van der Waals surface area contributed by atoms with Gasteiger partial charge >= 0.3 is 5.97 Å². The van der Waals surface area contributed by atoms with Gasteiger partial charge in [-0.25, -0.2) is 4.79 Å². The lowest BCUT2D eigenvalue weighted by Crippen LogP contribution is -2.17. The van der Waals surface area contributed by atoms with Crippen LogP contribution in [0.1, 0.15) is 42.0 Å². The summed E-state index contributed by atoms with van der Waals surface area (Å²) in [6.45, 7) is 4.40. The number of carbonyl (C=O) groups excluding carboxylic acids is 1. The fourth-order valence-electron chi connectivity index (χ4n) is 2.41. The van der Waals surface area contributed by atoms with Crippen LogP contribution in [0, 0.1) is 5.92 Å². The molecule has 0 radical (unpaired) electrons. The fraction of sp³-hybridized carbons (Fsp3) is 0.278. The van der Waals surface area contributed by atoms with Gasteiger partial charge in [0.1, 0.15) is 11.9 Å². The summed E-state index contributed by atoms with van der Waals surface area (Å²) < 4.78 is 13.8. The standard InChI is InChI=1S/C18H18BrN3O3/c1-12(2)17(15-5-3-4-8-20-15)25-18(23)16-7-6-14(24-16)11-22-10-13(19)9-21-22/h3-10,12,17H,11H2,1-2H3. The lowest BCUT2D eigenvalue weighted by atomic mass is 10.0. The van der Waals surface area contributed by atoms with Crippen molar-refractivity contribution < 1.29 is 13.9 Å². The molecule has 0 aliphatic carbocycles. The number of aromatic nitrogens is 3. The maximum atomic E-state index is 12.4. The maximum absolute atomic E-state index is 12.4. The Labute approximate surface area is 153 Å². The summed E-state index contributed by atoms with van der Waals surface area (Å²) in [6, 6.07) is 8.92. The van der Waals surface area contributed by atoms with Gasteiger partial charge in [-0.15, -0.1) is 0 Å². The molecule has 0 fully saturated rings. The van der Waals surface area contributed by atoms with Gasteiger partial charge in [0.15, 0.2) is 0 Å². The van der Waals surface area contributed by atoms with Gasteiger partial charge in [0.05, 0.1) is 22.9 Å². The third-order valence-corrected chi connectivity index (χ3v) is 4.01. The number of halogens is 1. The van der Waals surface area contributed by atoms with Crippen molar-refractivity contribution in [2.24, 2.45) is 5.92 Å². The van der Waals surface area contributed by atoms with Crippen LogP contribution in [-0.4, -0.2) is 20.7 Å². The molecule has 0 aliphatic heterocycles. The number of furan rings is 1. The van der Waals surface area contributed by atoms with Crippen LogP contribution >= 0.6 is 15.9 Å². The van der Waals surface area contributed by atoms with Crippen LogP contribution in [0.25, 0.3) is 0 Å². The van der Waals surface area contributed by atoms with E-state index in [1.54, 1.807) is 29.2 Å². The zero-order valence-electron chi connectivity index (χ0n) is 13.9. The number of esters is 1. The van der Waals surface area contributed by atoms with E-state index in [0.717, 1.165) is 10.2 Å². The van der Waals surface area contributed by atoms with Gasteiger partial charge in [0.2, 0.25) is 5.76 Å². The van der Waals surface area contributed by atoms with Crippen LogP contribution in [0.5, 0.6) is 0 Å². The van der Waals surface area contributed by atoms with E-state index in [1.165, 1.54) is 0 Å². The number of pyridine rings is 1. The summed E-state index contributed by atoms with van der Waals surface area (Å²) in [7, 11) is 0. The van der Waals surface area contributed by atoms with Crippen LogP contribution in [-0.2, 0) is 11.3 Å². The van der Waals surface area contributed by atoms with Crippen LogP contribution in [0.3, 0.4) is 0 Å². The van der Waals surface area contributed by atoms with E-state index in [0.29, 0.717) is 12.3 Å². The van der Waals surface area contributed by atoms with E-state index in [2.05, 4.69) is 26.0 Å². The Morgan fingerprint density at radius 2 is 2.16 bits per heavy atom. The molecule has 3 rings (SSSR count). The van der Waals surface area contributed by atoms with Crippen LogP contribution in [0.15, 0.2) is 57.8 Å². The molecule has 0 spiro atoms. The van der Waals surface area contributed by atoms with E-state index in [4.69, 9.17) is 9.15 Å². The smallest absolute Gasteiger partial charge is 0.374 e. The van der Waals surface area contributed by atoms with Gasteiger partial charge in [-0.2, -0.15) is 5.10 Å². The van der Waals surface area contributed by atoms with Crippen molar-refractivity contribution in [3.05, 3.63) is 70.6 Å². The van der Waals surface area contributed by atoms with Crippen molar-refractivity contribution in [3.63, 3.8) is 0 Å². The molecule has 3 heterocycles. The monoisotopic (exact) mass is 403 g/mol. The Hall–Kier alpha value is -2.41. The number of rotatable bonds is 6. The Balaban J connectivity index is 1.70. The second kappa shape index (κ2) is 7.65. The molecule has 1 unspecified atom stereocenters. The highest BCUT2D eigenvalue weighted by atomic mass is 79.9. The molecule has 3 aromatic heterocycles. The van der Waals surface area contributed by atoms with Gasteiger partial charge in [0, 0.05) is 12.4 Å². The number of ether oxygens (including phenoxy) is 1. The second-order valence-electron chi connectivity index (χ2n) is 5.95. The Morgan fingerprint density at radius 3 is 2.80 bits per heavy atom. The molecule has 0 bridgehead atoms. The molecule has 0 aromatic carbocycles. The first kappa shape index (κ1) is 17.4. The zero-order chi connectivity index (χ0) is 17.8. The number of nitrogens with zero attached hydrogens (tertiary/aromatic N) is 3. The Kier molecular flexibility index (Phi) is 5.33. The highest BCUT2D eigenvalue weighted by molar-refractivity contribution is 9.10.